The van der Waals surface area contributed by atoms with Crippen molar-refractivity contribution in [3.05, 3.63) is 54.1 Å². The molecule has 0 aromatic heterocycles. The van der Waals surface area contributed by atoms with Crippen LogP contribution < -0.4 is 15.0 Å². The number of ether oxygens (including phenoxy) is 2. The van der Waals surface area contributed by atoms with Crippen molar-refractivity contribution in [2.24, 2.45) is 0 Å². The van der Waals surface area contributed by atoms with Crippen molar-refractivity contribution in [2.45, 2.75) is 52.1 Å². The Bertz CT molecular complexity index is 968. The highest BCUT2D eigenvalue weighted by atomic mass is 35.5. The number of methoxy groups -OCH3 is 1. The van der Waals surface area contributed by atoms with Crippen LogP contribution >= 0.6 is 12.4 Å². The Morgan fingerprint density at radius 3 is 2.22 bits per heavy atom. The molecule has 2 aromatic carbocycles. The lowest BCUT2D eigenvalue weighted by atomic mass is 10.1. The van der Waals surface area contributed by atoms with E-state index in [1.54, 1.807) is 31.4 Å². The number of para-hydroxylation sites is 2. The Morgan fingerprint density at radius 1 is 0.917 bits per heavy atom. The van der Waals surface area contributed by atoms with E-state index in [0.717, 1.165) is 57.7 Å². The third-order valence-corrected chi connectivity index (χ3v) is 5.98. The van der Waals surface area contributed by atoms with Crippen LogP contribution in [0.5, 0.6) is 5.75 Å². The molecule has 8 heteroatoms. The number of esters is 1. The van der Waals surface area contributed by atoms with Gasteiger partial charge in [0.25, 0.3) is 0 Å². The number of hydrogen-bond acceptors (Lipinski definition) is 6. The number of carbonyl (C=O) groups excluding carboxylic acids is 2. The summed E-state index contributed by atoms with van der Waals surface area (Å²) < 4.78 is 10.9. The lowest BCUT2D eigenvalue weighted by Gasteiger charge is -2.36. The van der Waals surface area contributed by atoms with Gasteiger partial charge in [-0.15, -0.1) is 12.4 Å². The molecule has 1 aliphatic rings. The van der Waals surface area contributed by atoms with Crippen molar-refractivity contribution in [1.82, 2.24) is 4.90 Å². The van der Waals surface area contributed by atoms with Gasteiger partial charge in [0, 0.05) is 38.3 Å². The lowest BCUT2D eigenvalue weighted by molar-refractivity contribution is -0.116. The second-order valence-corrected chi connectivity index (χ2v) is 9.94. The first kappa shape index (κ1) is 29.5. The third kappa shape index (κ3) is 9.36. The van der Waals surface area contributed by atoms with Gasteiger partial charge < -0.3 is 19.7 Å². The van der Waals surface area contributed by atoms with Gasteiger partial charge in [-0.05, 0) is 76.6 Å². The van der Waals surface area contributed by atoms with Crippen molar-refractivity contribution in [3.63, 3.8) is 0 Å². The summed E-state index contributed by atoms with van der Waals surface area (Å²) in [7, 11) is 1.72. The Hall–Kier alpha value is -2.77. The van der Waals surface area contributed by atoms with E-state index in [0.29, 0.717) is 17.7 Å². The summed E-state index contributed by atoms with van der Waals surface area (Å²) in [5, 5.41) is 2.91. The standard InChI is InChI=1S/C28H39N3O4.ClH/c1-28(2,3)35-27(33)22-13-15-23(16-14-22)29-26(32)12-6-5-9-17-30-18-20-31(21-19-30)24-10-7-8-11-25(24)34-4;/h7-8,10-11,13-16H,5-6,9,12,17-21H2,1-4H3,(H,29,32);1H. The maximum absolute atomic E-state index is 12.3. The van der Waals surface area contributed by atoms with Crippen LogP contribution in [0.2, 0.25) is 0 Å². The van der Waals surface area contributed by atoms with Crippen LogP contribution in [0.25, 0.3) is 0 Å². The number of nitrogens with zero attached hydrogens (tertiary/aromatic N) is 2. The zero-order chi connectivity index (χ0) is 25.3. The number of amides is 1. The van der Waals surface area contributed by atoms with Crippen LogP contribution in [0.4, 0.5) is 11.4 Å². The fourth-order valence-electron chi connectivity index (χ4n) is 4.15. The first-order valence-corrected chi connectivity index (χ1v) is 12.5. The van der Waals surface area contributed by atoms with E-state index in [-0.39, 0.29) is 24.3 Å². The number of nitrogens with one attached hydrogen (secondary N) is 1. The van der Waals surface area contributed by atoms with E-state index in [9.17, 15) is 9.59 Å². The molecule has 1 amide bonds. The molecule has 1 fully saturated rings. The molecule has 1 heterocycles. The number of unbranched alkanes of at least 4 members (excludes halogenated alkanes) is 2. The number of benzene rings is 2. The highest BCUT2D eigenvalue weighted by Crippen LogP contribution is 2.28. The number of carbonyl (C=O) groups is 2. The topological polar surface area (TPSA) is 71.1 Å². The Labute approximate surface area is 221 Å². The lowest BCUT2D eigenvalue weighted by Crippen LogP contribution is -2.46. The summed E-state index contributed by atoms with van der Waals surface area (Å²) in [5.41, 5.74) is 1.80. The molecule has 0 radical (unpaired) electrons. The van der Waals surface area contributed by atoms with Gasteiger partial charge in [0.05, 0.1) is 18.4 Å². The summed E-state index contributed by atoms with van der Waals surface area (Å²) in [4.78, 5) is 29.3. The van der Waals surface area contributed by atoms with Gasteiger partial charge in [-0.3, -0.25) is 9.69 Å². The fraction of sp³-hybridized carbons (Fsp3) is 0.500. The first-order chi connectivity index (χ1) is 16.7. The second kappa shape index (κ2) is 14.1. The van der Waals surface area contributed by atoms with E-state index in [1.807, 2.05) is 32.9 Å². The van der Waals surface area contributed by atoms with Crippen LogP contribution in [0, 0.1) is 0 Å². The maximum atomic E-state index is 12.3. The number of anilines is 2. The summed E-state index contributed by atoms with van der Waals surface area (Å²) in [6.45, 7) is 10.6. The van der Waals surface area contributed by atoms with Crippen LogP contribution in [0.3, 0.4) is 0 Å². The van der Waals surface area contributed by atoms with E-state index >= 15 is 0 Å². The van der Waals surface area contributed by atoms with Crippen LogP contribution in [-0.2, 0) is 9.53 Å². The smallest absolute Gasteiger partial charge is 0.338 e. The summed E-state index contributed by atoms with van der Waals surface area (Å²) in [5.74, 6) is 0.565. The molecule has 2 aromatic rings. The van der Waals surface area contributed by atoms with Crippen molar-refractivity contribution >= 4 is 35.7 Å². The van der Waals surface area contributed by atoms with Gasteiger partial charge in [0.2, 0.25) is 5.91 Å². The molecule has 0 atom stereocenters. The SMILES string of the molecule is COc1ccccc1N1CCN(CCCCCC(=O)Nc2ccc(C(=O)OC(C)(C)C)cc2)CC1.Cl. The number of rotatable bonds is 10. The minimum absolute atomic E-state index is 0. The van der Waals surface area contributed by atoms with Crippen molar-refractivity contribution in [1.29, 1.82) is 0 Å². The van der Waals surface area contributed by atoms with Crippen LogP contribution in [-0.4, -0.2) is 62.2 Å². The zero-order valence-corrected chi connectivity index (χ0v) is 22.7. The molecule has 1 saturated heterocycles. The second-order valence-electron chi connectivity index (χ2n) is 9.94. The van der Waals surface area contributed by atoms with Gasteiger partial charge in [0.1, 0.15) is 11.4 Å². The fourth-order valence-corrected chi connectivity index (χ4v) is 4.15. The van der Waals surface area contributed by atoms with Gasteiger partial charge >= 0.3 is 5.97 Å². The molecule has 7 nitrogen and oxygen atoms in total. The number of piperazine rings is 1. The molecule has 0 unspecified atom stereocenters. The van der Waals surface area contributed by atoms with Crippen molar-refractivity contribution in [3.8, 4) is 5.75 Å². The largest absolute Gasteiger partial charge is 0.495 e. The van der Waals surface area contributed by atoms with E-state index < -0.39 is 5.60 Å². The number of hydrogen-bond donors (Lipinski definition) is 1. The van der Waals surface area contributed by atoms with Gasteiger partial charge in [-0.2, -0.15) is 0 Å². The Balaban J connectivity index is 0.00000456. The summed E-state index contributed by atoms with van der Waals surface area (Å²) >= 11 is 0. The van der Waals surface area contributed by atoms with E-state index in [4.69, 9.17) is 9.47 Å². The third-order valence-electron chi connectivity index (χ3n) is 5.98. The monoisotopic (exact) mass is 517 g/mol. The molecule has 0 saturated carbocycles. The molecule has 0 aliphatic carbocycles. The number of halogens is 1. The molecule has 1 N–H and O–H groups in total. The molecule has 3 rings (SSSR count). The van der Waals surface area contributed by atoms with Crippen molar-refractivity contribution in [2.75, 3.05) is 50.1 Å². The van der Waals surface area contributed by atoms with E-state index in [2.05, 4.69) is 27.2 Å². The Kier molecular flexibility index (Phi) is 11.5. The average Bonchev–Trinajstić information content (AvgIpc) is 2.83. The predicted molar refractivity (Wildman–Crippen MR) is 148 cm³/mol. The zero-order valence-electron chi connectivity index (χ0n) is 21.9. The summed E-state index contributed by atoms with van der Waals surface area (Å²) in [6, 6.07) is 15.0. The maximum Gasteiger partial charge on any atom is 0.338 e. The van der Waals surface area contributed by atoms with Gasteiger partial charge in [0.15, 0.2) is 0 Å². The van der Waals surface area contributed by atoms with Crippen molar-refractivity contribution < 1.29 is 19.1 Å². The van der Waals surface area contributed by atoms with E-state index in [1.165, 1.54) is 5.69 Å². The van der Waals surface area contributed by atoms with Gasteiger partial charge in [-0.1, -0.05) is 18.6 Å². The molecule has 36 heavy (non-hydrogen) atoms. The molecule has 0 bridgehead atoms. The normalized spacial score (nSPS) is 14.1. The first-order valence-electron chi connectivity index (χ1n) is 12.5. The molecule has 1 aliphatic heterocycles. The highest BCUT2D eigenvalue weighted by Gasteiger charge is 2.19. The molecule has 198 valence electrons. The van der Waals surface area contributed by atoms with Gasteiger partial charge in [-0.25, -0.2) is 4.79 Å². The highest BCUT2D eigenvalue weighted by molar-refractivity contribution is 5.93. The molecular formula is C28H40ClN3O4. The minimum Gasteiger partial charge on any atom is -0.495 e. The average molecular weight is 518 g/mol. The molecular weight excluding hydrogens is 478 g/mol. The van der Waals surface area contributed by atoms with Crippen LogP contribution in [0.15, 0.2) is 48.5 Å². The summed E-state index contributed by atoms with van der Waals surface area (Å²) in [6.07, 6.45) is 3.47. The quantitative estimate of drug-likeness (QED) is 0.336. The molecule has 0 spiro atoms. The minimum atomic E-state index is -0.533. The Morgan fingerprint density at radius 2 is 1.58 bits per heavy atom. The van der Waals surface area contributed by atoms with Crippen LogP contribution in [0.1, 0.15) is 56.8 Å². The predicted octanol–water partition coefficient (Wildman–Crippen LogP) is 5.39.